The molecule has 2 aromatic carbocycles. The highest BCUT2D eigenvalue weighted by atomic mass is 32.1. The molecular formula is C29H29N3O2S. The third-order valence-electron chi connectivity index (χ3n) is 6.31. The van der Waals surface area contributed by atoms with E-state index in [2.05, 4.69) is 58.6 Å². The number of aromatic nitrogens is 1. The first kappa shape index (κ1) is 23.3. The number of hydrogen-bond acceptors (Lipinski definition) is 5. The Hall–Kier alpha value is -3.48. The van der Waals surface area contributed by atoms with E-state index in [1.807, 2.05) is 37.4 Å². The molecule has 5 nitrogen and oxygen atoms in total. The highest BCUT2D eigenvalue weighted by Gasteiger charge is 2.28. The van der Waals surface area contributed by atoms with Crippen LogP contribution in [0.5, 0.6) is 0 Å². The third kappa shape index (κ3) is 4.85. The molecule has 0 saturated carbocycles. The first-order chi connectivity index (χ1) is 17.2. The van der Waals surface area contributed by atoms with Crippen LogP contribution in [0.3, 0.4) is 0 Å². The van der Waals surface area contributed by atoms with Crippen molar-refractivity contribution in [3.8, 4) is 0 Å². The van der Waals surface area contributed by atoms with Crippen LogP contribution in [0, 0.1) is 0 Å². The van der Waals surface area contributed by atoms with E-state index in [1.54, 1.807) is 11.3 Å². The molecule has 0 spiro atoms. The number of nitrogens with zero attached hydrogens (tertiary/aromatic N) is 3. The fourth-order valence-electron chi connectivity index (χ4n) is 4.72. The number of rotatable bonds is 8. The second kappa shape index (κ2) is 10.4. The van der Waals surface area contributed by atoms with Crippen molar-refractivity contribution in [1.82, 2.24) is 9.47 Å². The van der Waals surface area contributed by atoms with E-state index in [1.165, 1.54) is 10.4 Å². The van der Waals surface area contributed by atoms with Gasteiger partial charge in [0.1, 0.15) is 5.00 Å². The number of thiophene rings is 1. The number of aliphatic imine (C=N–C) groups is 1. The Morgan fingerprint density at radius 3 is 2.77 bits per heavy atom. The first-order valence-electron chi connectivity index (χ1n) is 12.0. The number of hydrogen-bond donors (Lipinski definition) is 0. The maximum absolute atomic E-state index is 13.0. The normalized spacial score (nSPS) is 13.9. The topological polar surface area (TPSA) is 46.8 Å². The van der Waals surface area contributed by atoms with Gasteiger partial charge < -0.3 is 9.30 Å². The summed E-state index contributed by atoms with van der Waals surface area (Å²) >= 11 is 1.61. The van der Waals surface area contributed by atoms with Crippen LogP contribution in [0.25, 0.3) is 10.9 Å². The molecular weight excluding hydrogens is 454 g/mol. The van der Waals surface area contributed by atoms with Crippen LogP contribution < -0.4 is 0 Å². The van der Waals surface area contributed by atoms with E-state index in [0.717, 1.165) is 59.6 Å². The molecule has 3 heterocycles. The van der Waals surface area contributed by atoms with Crippen molar-refractivity contribution in [2.24, 2.45) is 4.99 Å². The number of carbonyl (C=O) groups excluding carboxylic acids is 1. The van der Waals surface area contributed by atoms with Gasteiger partial charge in [0.05, 0.1) is 12.2 Å². The smallest absolute Gasteiger partial charge is 0.341 e. The lowest BCUT2D eigenvalue weighted by molar-refractivity contribution is 0.0526. The molecule has 0 saturated heterocycles. The standard InChI is InChI=1S/C29H29N3O2S/c1-3-15-32-19-22(23-12-8-9-13-25(23)32)17-30-28-27(29(33)34-4-2)24-14-16-31(20-26(24)35-28)18-21-10-6-5-7-11-21/h3,5-13,17,19H,1,4,14-16,18,20H2,2H3. The molecule has 178 valence electrons. The van der Waals surface area contributed by atoms with Crippen molar-refractivity contribution in [2.75, 3.05) is 13.2 Å². The monoisotopic (exact) mass is 483 g/mol. The molecule has 6 heteroatoms. The third-order valence-corrected chi connectivity index (χ3v) is 7.44. The van der Waals surface area contributed by atoms with Gasteiger partial charge in [-0.2, -0.15) is 0 Å². The van der Waals surface area contributed by atoms with Gasteiger partial charge in [-0.15, -0.1) is 17.9 Å². The van der Waals surface area contributed by atoms with Gasteiger partial charge in [-0.25, -0.2) is 9.79 Å². The summed E-state index contributed by atoms with van der Waals surface area (Å²) in [5.74, 6) is -0.275. The maximum Gasteiger partial charge on any atom is 0.341 e. The Morgan fingerprint density at radius 2 is 1.97 bits per heavy atom. The predicted octanol–water partition coefficient (Wildman–Crippen LogP) is 6.37. The summed E-state index contributed by atoms with van der Waals surface area (Å²) in [4.78, 5) is 21.5. The summed E-state index contributed by atoms with van der Waals surface area (Å²) < 4.78 is 7.60. The summed E-state index contributed by atoms with van der Waals surface area (Å²) in [6.07, 6.45) is 6.68. The lowest BCUT2D eigenvalue weighted by Gasteiger charge is -2.27. The molecule has 2 aromatic heterocycles. The quantitative estimate of drug-likeness (QED) is 0.166. The second-order valence-corrected chi connectivity index (χ2v) is 9.74. The van der Waals surface area contributed by atoms with E-state index in [4.69, 9.17) is 9.73 Å². The molecule has 35 heavy (non-hydrogen) atoms. The van der Waals surface area contributed by atoms with Gasteiger partial charge in [0.2, 0.25) is 0 Å². The molecule has 4 aromatic rings. The van der Waals surface area contributed by atoms with Gasteiger partial charge in [-0.05, 0) is 30.5 Å². The van der Waals surface area contributed by atoms with Crippen molar-refractivity contribution in [2.45, 2.75) is 33.0 Å². The van der Waals surface area contributed by atoms with Gasteiger partial charge in [-0.3, -0.25) is 4.90 Å². The summed E-state index contributed by atoms with van der Waals surface area (Å²) in [5, 5.41) is 1.86. The largest absolute Gasteiger partial charge is 0.462 e. The number of carbonyl (C=O) groups is 1. The predicted molar refractivity (Wildman–Crippen MR) is 144 cm³/mol. The molecule has 0 fully saturated rings. The van der Waals surface area contributed by atoms with Crippen molar-refractivity contribution in [3.05, 3.63) is 101 Å². The number of ether oxygens (including phenoxy) is 1. The summed E-state index contributed by atoms with van der Waals surface area (Å²) in [7, 11) is 0. The molecule has 0 bridgehead atoms. The molecule has 0 atom stereocenters. The summed E-state index contributed by atoms with van der Waals surface area (Å²) in [5.41, 5.74) is 5.19. The number of esters is 1. The molecule has 1 aliphatic heterocycles. The Balaban J connectivity index is 1.48. The van der Waals surface area contributed by atoms with Crippen LogP contribution in [0.1, 0.15) is 38.8 Å². The average molecular weight is 484 g/mol. The van der Waals surface area contributed by atoms with Crippen LogP contribution >= 0.6 is 11.3 Å². The molecule has 0 unspecified atom stereocenters. The minimum Gasteiger partial charge on any atom is -0.462 e. The van der Waals surface area contributed by atoms with Gasteiger partial charge in [0.25, 0.3) is 0 Å². The van der Waals surface area contributed by atoms with Crippen LogP contribution in [0.2, 0.25) is 0 Å². The van der Waals surface area contributed by atoms with Crippen LogP contribution in [0.4, 0.5) is 5.00 Å². The average Bonchev–Trinajstić information content (AvgIpc) is 3.41. The lowest BCUT2D eigenvalue weighted by atomic mass is 10.0. The Bertz CT molecular complexity index is 1380. The Kier molecular flexibility index (Phi) is 6.93. The van der Waals surface area contributed by atoms with Crippen LogP contribution in [-0.4, -0.2) is 34.8 Å². The van der Waals surface area contributed by atoms with E-state index in [9.17, 15) is 4.79 Å². The van der Waals surface area contributed by atoms with E-state index < -0.39 is 0 Å². The van der Waals surface area contributed by atoms with E-state index in [-0.39, 0.29) is 5.97 Å². The van der Waals surface area contributed by atoms with Gasteiger partial charge >= 0.3 is 5.97 Å². The molecule has 0 amide bonds. The number of fused-ring (bicyclic) bond motifs is 2. The summed E-state index contributed by atoms with van der Waals surface area (Å²) in [6.45, 7) is 9.41. The lowest BCUT2D eigenvalue weighted by Crippen LogP contribution is -2.29. The van der Waals surface area contributed by atoms with Gasteiger partial charge in [-0.1, -0.05) is 54.6 Å². The van der Waals surface area contributed by atoms with Crippen LogP contribution in [-0.2, 0) is 30.8 Å². The number of para-hydroxylation sites is 1. The molecule has 0 N–H and O–H groups in total. The van der Waals surface area contributed by atoms with Gasteiger partial charge in [0.15, 0.2) is 0 Å². The van der Waals surface area contributed by atoms with Crippen molar-refractivity contribution < 1.29 is 9.53 Å². The van der Waals surface area contributed by atoms with Gasteiger partial charge in [0, 0.05) is 59.9 Å². The van der Waals surface area contributed by atoms with Crippen molar-refractivity contribution >= 4 is 39.4 Å². The zero-order chi connectivity index (χ0) is 24.2. The molecule has 5 rings (SSSR count). The SMILES string of the molecule is C=CCn1cc(C=Nc2sc3c(c2C(=O)OCC)CCN(Cc2ccccc2)C3)c2ccccc21. The van der Waals surface area contributed by atoms with Crippen molar-refractivity contribution in [1.29, 1.82) is 0 Å². The fourth-order valence-corrected chi connectivity index (χ4v) is 5.94. The zero-order valence-electron chi connectivity index (χ0n) is 19.9. The van der Waals surface area contributed by atoms with E-state index in [0.29, 0.717) is 12.2 Å². The Morgan fingerprint density at radius 1 is 1.17 bits per heavy atom. The number of benzene rings is 2. The maximum atomic E-state index is 13.0. The Labute approximate surface area is 210 Å². The minimum atomic E-state index is -0.275. The van der Waals surface area contributed by atoms with E-state index >= 15 is 0 Å². The number of allylic oxidation sites excluding steroid dienone is 1. The first-order valence-corrected chi connectivity index (χ1v) is 12.8. The molecule has 0 aliphatic carbocycles. The fraction of sp³-hybridized carbons (Fsp3) is 0.241. The molecule has 0 radical (unpaired) electrons. The van der Waals surface area contributed by atoms with Crippen LogP contribution in [0.15, 0.2) is 78.4 Å². The second-order valence-electron chi connectivity index (χ2n) is 8.65. The summed E-state index contributed by atoms with van der Waals surface area (Å²) in [6, 6.07) is 18.8. The highest BCUT2D eigenvalue weighted by molar-refractivity contribution is 7.16. The van der Waals surface area contributed by atoms with Crippen molar-refractivity contribution in [3.63, 3.8) is 0 Å². The molecule has 1 aliphatic rings. The highest BCUT2D eigenvalue weighted by Crippen LogP contribution is 2.40. The zero-order valence-corrected chi connectivity index (χ0v) is 20.8. The minimum absolute atomic E-state index is 0.275.